The van der Waals surface area contributed by atoms with Gasteiger partial charge in [0.2, 0.25) is 0 Å². The van der Waals surface area contributed by atoms with E-state index in [2.05, 4.69) is 42.2 Å². The Bertz CT molecular complexity index is 406. The minimum atomic E-state index is 0.961. The van der Waals surface area contributed by atoms with E-state index in [1.54, 1.807) is 0 Å². The summed E-state index contributed by atoms with van der Waals surface area (Å²) in [5.74, 6) is 0. The van der Waals surface area contributed by atoms with Gasteiger partial charge in [0.25, 0.3) is 0 Å². The van der Waals surface area contributed by atoms with E-state index in [1.165, 1.54) is 10.8 Å². The average molecular weight is 160 g/mol. The zero-order valence-electron chi connectivity index (χ0n) is 7.41. The van der Waals surface area contributed by atoms with Crippen molar-refractivity contribution in [3.05, 3.63) is 28.4 Å². The zero-order valence-corrected chi connectivity index (χ0v) is 7.41. The monoisotopic (exact) mass is 160 g/mol. The fourth-order valence-corrected chi connectivity index (χ4v) is 1.40. The number of rotatable bonds is 0. The molecule has 2 nitrogen and oxygen atoms in total. The summed E-state index contributed by atoms with van der Waals surface area (Å²) in [4.78, 5) is 6.50. The molecule has 1 aromatic heterocycles. The van der Waals surface area contributed by atoms with Crippen molar-refractivity contribution in [1.29, 1.82) is 0 Å². The molecule has 0 bridgehead atoms. The Kier molecular flexibility index (Phi) is 1.61. The van der Waals surface area contributed by atoms with E-state index in [0.29, 0.717) is 0 Å². The Morgan fingerprint density at radius 2 is 2.33 bits per heavy atom. The van der Waals surface area contributed by atoms with Crippen LogP contribution >= 0.6 is 0 Å². The van der Waals surface area contributed by atoms with E-state index < -0.39 is 0 Å². The molecule has 0 N–H and O–H groups in total. The third-order valence-electron chi connectivity index (χ3n) is 2.02. The number of hydrogen-bond acceptors (Lipinski definition) is 2. The van der Waals surface area contributed by atoms with Gasteiger partial charge in [-0.15, -0.1) is 0 Å². The molecule has 0 spiro atoms. The molecule has 62 valence electrons. The van der Waals surface area contributed by atoms with Crippen LogP contribution in [0.25, 0.3) is 12.3 Å². The summed E-state index contributed by atoms with van der Waals surface area (Å²) in [7, 11) is 2.07. The number of aromatic nitrogens is 1. The largest absolute Gasteiger partial charge is 0.376 e. The Morgan fingerprint density at radius 1 is 1.50 bits per heavy atom. The second-order valence-corrected chi connectivity index (χ2v) is 3.26. The van der Waals surface area contributed by atoms with Crippen molar-refractivity contribution in [3.8, 4) is 0 Å². The second-order valence-electron chi connectivity index (χ2n) is 3.26. The van der Waals surface area contributed by atoms with Gasteiger partial charge in [-0.25, -0.2) is 0 Å². The summed E-state index contributed by atoms with van der Waals surface area (Å²) in [5, 5.41) is 2.34. The SMILES string of the molecule is Cc1cnc2c(c1)=CN(C)CC=2. The van der Waals surface area contributed by atoms with Crippen LogP contribution in [0.3, 0.4) is 0 Å². The van der Waals surface area contributed by atoms with Gasteiger partial charge >= 0.3 is 0 Å². The summed E-state index contributed by atoms with van der Waals surface area (Å²) in [6, 6.07) is 2.16. The highest BCUT2D eigenvalue weighted by molar-refractivity contribution is 5.36. The van der Waals surface area contributed by atoms with Crippen LogP contribution in [0.5, 0.6) is 0 Å². The molecule has 0 aromatic carbocycles. The summed E-state index contributed by atoms with van der Waals surface area (Å²) in [6.07, 6.45) is 6.19. The molecule has 0 radical (unpaired) electrons. The van der Waals surface area contributed by atoms with Crippen LogP contribution in [0, 0.1) is 6.92 Å². The quantitative estimate of drug-likeness (QED) is 0.525. The topological polar surface area (TPSA) is 16.1 Å². The first-order chi connectivity index (χ1) is 5.75. The lowest BCUT2D eigenvalue weighted by Gasteiger charge is -2.13. The lowest BCUT2D eigenvalue weighted by atomic mass is 10.2. The van der Waals surface area contributed by atoms with E-state index in [-0.39, 0.29) is 0 Å². The van der Waals surface area contributed by atoms with Crippen molar-refractivity contribution >= 4 is 12.3 Å². The zero-order chi connectivity index (χ0) is 8.55. The standard InChI is InChI=1S/C10H12N2/c1-8-5-9-7-12(2)4-3-10(9)11-6-8/h3,5-7H,4H2,1-2H3. The van der Waals surface area contributed by atoms with Gasteiger partial charge in [0.1, 0.15) is 0 Å². The van der Waals surface area contributed by atoms with E-state index in [9.17, 15) is 0 Å². The van der Waals surface area contributed by atoms with Gasteiger partial charge in [-0.05, 0) is 24.6 Å². The maximum absolute atomic E-state index is 4.34. The van der Waals surface area contributed by atoms with Gasteiger partial charge in [0.05, 0.1) is 5.35 Å². The smallest absolute Gasteiger partial charge is 0.0694 e. The van der Waals surface area contributed by atoms with Crippen LogP contribution in [-0.4, -0.2) is 23.5 Å². The van der Waals surface area contributed by atoms with E-state index >= 15 is 0 Å². The summed E-state index contributed by atoms with van der Waals surface area (Å²) >= 11 is 0. The highest BCUT2D eigenvalue weighted by Gasteiger charge is 1.97. The Hall–Kier alpha value is -1.31. The van der Waals surface area contributed by atoms with Gasteiger partial charge in [-0.2, -0.15) is 0 Å². The summed E-state index contributed by atoms with van der Waals surface area (Å²) < 4.78 is 0. The molecule has 0 saturated heterocycles. The average Bonchev–Trinajstić information content (AvgIpc) is 2.03. The molecule has 1 aliphatic heterocycles. The molecule has 0 unspecified atom stereocenters. The predicted molar refractivity (Wildman–Crippen MR) is 49.8 cm³/mol. The van der Waals surface area contributed by atoms with Gasteiger partial charge in [-0.3, -0.25) is 4.98 Å². The first-order valence-electron chi connectivity index (χ1n) is 4.11. The fourth-order valence-electron chi connectivity index (χ4n) is 1.40. The van der Waals surface area contributed by atoms with Gasteiger partial charge < -0.3 is 4.90 Å². The summed E-state index contributed by atoms with van der Waals surface area (Å²) in [6.45, 7) is 3.03. The highest BCUT2D eigenvalue weighted by atomic mass is 15.1. The molecule has 1 aromatic rings. The van der Waals surface area contributed by atoms with Crippen molar-refractivity contribution in [3.63, 3.8) is 0 Å². The van der Waals surface area contributed by atoms with Crippen LogP contribution in [-0.2, 0) is 0 Å². The van der Waals surface area contributed by atoms with Gasteiger partial charge in [0.15, 0.2) is 0 Å². The number of nitrogens with zero attached hydrogens (tertiary/aromatic N) is 2. The van der Waals surface area contributed by atoms with E-state index in [4.69, 9.17) is 0 Å². The van der Waals surface area contributed by atoms with Gasteiger partial charge in [0, 0.05) is 31.2 Å². The van der Waals surface area contributed by atoms with Crippen molar-refractivity contribution in [2.45, 2.75) is 6.92 Å². The molecule has 2 heteroatoms. The molecule has 2 rings (SSSR count). The number of fused-ring (bicyclic) bond motifs is 1. The van der Waals surface area contributed by atoms with Crippen LogP contribution < -0.4 is 10.6 Å². The Morgan fingerprint density at radius 3 is 3.17 bits per heavy atom. The van der Waals surface area contributed by atoms with E-state index in [0.717, 1.165) is 11.9 Å². The minimum Gasteiger partial charge on any atom is -0.376 e. The van der Waals surface area contributed by atoms with Gasteiger partial charge in [-0.1, -0.05) is 0 Å². The molecule has 2 heterocycles. The molecular weight excluding hydrogens is 148 g/mol. The van der Waals surface area contributed by atoms with Crippen molar-refractivity contribution in [2.75, 3.05) is 13.6 Å². The maximum atomic E-state index is 4.34. The number of pyridine rings is 1. The molecule has 0 saturated carbocycles. The van der Waals surface area contributed by atoms with Crippen LogP contribution in [0.2, 0.25) is 0 Å². The van der Waals surface area contributed by atoms with Crippen molar-refractivity contribution in [2.24, 2.45) is 0 Å². The molecular formula is C10H12N2. The van der Waals surface area contributed by atoms with E-state index in [1.807, 2.05) is 6.20 Å². The number of hydrogen-bond donors (Lipinski definition) is 0. The first kappa shape index (κ1) is 7.35. The van der Waals surface area contributed by atoms with Crippen LogP contribution in [0.4, 0.5) is 0 Å². The fraction of sp³-hybridized carbons (Fsp3) is 0.300. The Balaban J connectivity index is 2.72. The molecule has 12 heavy (non-hydrogen) atoms. The second kappa shape index (κ2) is 2.63. The first-order valence-corrected chi connectivity index (χ1v) is 4.11. The molecule has 0 aliphatic carbocycles. The van der Waals surface area contributed by atoms with Crippen molar-refractivity contribution in [1.82, 2.24) is 9.88 Å². The maximum Gasteiger partial charge on any atom is 0.0694 e. The Labute approximate surface area is 71.9 Å². The minimum absolute atomic E-state index is 0.961. The lowest BCUT2D eigenvalue weighted by Crippen LogP contribution is -2.36. The predicted octanol–water partition coefficient (Wildman–Crippen LogP) is -0.146. The summed E-state index contributed by atoms with van der Waals surface area (Å²) in [5.41, 5.74) is 1.22. The van der Waals surface area contributed by atoms with Crippen LogP contribution in [0.15, 0.2) is 12.3 Å². The molecule has 0 atom stereocenters. The third kappa shape index (κ3) is 1.20. The molecule has 0 fully saturated rings. The number of aryl methyl sites for hydroxylation is 1. The highest BCUT2D eigenvalue weighted by Crippen LogP contribution is 1.89. The third-order valence-corrected chi connectivity index (χ3v) is 2.02. The lowest BCUT2D eigenvalue weighted by molar-refractivity contribution is 0.562. The molecule has 0 amide bonds. The molecule has 1 aliphatic rings. The van der Waals surface area contributed by atoms with Crippen molar-refractivity contribution < 1.29 is 0 Å². The normalized spacial score (nSPS) is 14.7. The van der Waals surface area contributed by atoms with Crippen LogP contribution in [0.1, 0.15) is 5.56 Å².